The summed E-state index contributed by atoms with van der Waals surface area (Å²) in [6.45, 7) is 8.42. The Morgan fingerprint density at radius 3 is 2.36 bits per heavy atom. The standard InChI is InChI=1S/C32H34O10/c1-17(2)27(35)30(38-18(3)33)26-23(37-7)12-9-20-14-15-32(41-29(20)26)40-24(31(4,5)42-32)16-21-22(36-6)11-8-19-10-13-25(34)39-28(19)21/h8-15,17,24,30H,16H2,1-7H3/t24-,30-,32-/m1/s1. The van der Waals surface area contributed by atoms with Gasteiger partial charge in [0.25, 0.3) is 0 Å². The number of hydrogen-bond acceptors (Lipinski definition) is 10. The number of benzene rings is 2. The molecule has 0 N–H and O–H groups in total. The molecular weight excluding hydrogens is 544 g/mol. The van der Waals surface area contributed by atoms with Crippen LogP contribution in [0.1, 0.15) is 57.4 Å². The van der Waals surface area contributed by atoms with E-state index in [1.807, 2.05) is 26.0 Å². The SMILES string of the molecule is COc1ccc2c(c1[C@@H](OC(C)=O)C(=O)C(C)C)O[C@@]1(C=C2)O[C@H](Cc2c(OC)ccc3ccc(=O)oc23)C(C)(C)O1. The molecule has 10 nitrogen and oxygen atoms in total. The van der Waals surface area contributed by atoms with Crippen molar-refractivity contribution in [3.63, 3.8) is 0 Å². The zero-order valence-corrected chi connectivity index (χ0v) is 24.6. The fourth-order valence-electron chi connectivity index (χ4n) is 5.31. The molecule has 3 aromatic rings. The fourth-order valence-corrected chi connectivity index (χ4v) is 5.31. The highest BCUT2D eigenvalue weighted by molar-refractivity contribution is 5.90. The first kappa shape index (κ1) is 29.3. The van der Waals surface area contributed by atoms with E-state index >= 15 is 0 Å². The van der Waals surface area contributed by atoms with Gasteiger partial charge in [-0.1, -0.05) is 13.8 Å². The van der Waals surface area contributed by atoms with Crippen molar-refractivity contribution in [1.82, 2.24) is 0 Å². The number of fused-ring (bicyclic) bond motifs is 2. The molecule has 1 fully saturated rings. The van der Waals surface area contributed by atoms with Crippen LogP contribution in [0.5, 0.6) is 17.2 Å². The Bertz CT molecular complexity index is 1630. The number of Topliss-reactive ketones (excluding diaryl/α,β-unsaturated/α-hetero) is 1. The van der Waals surface area contributed by atoms with Crippen molar-refractivity contribution in [1.29, 1.82) is 0 Å². The molecule has 0 aliphatic carbocycles. The van der Waals surface area contributed by atoms with Crippen LogP contribution in [0.4, 0.5) is 0 Å². The summed E-state index contributed by atoms with van der Waals surface area (Å²) in [5.41, 5.74) is 0.551. The number of ketones is 1. The summed E-state index contributed by atoms with van der Waals surface area (Å²) < 4.78 is 41.7. The molecule has 1 spiro atoms. The Morgan fingerprint density at radius 1 is 1.00 bits per heavy atom. The normalized spacial score (nSPS) is 21.2. The van der Waals surface area contributed by atoms with Crippen molar-refractivity contribution in [2.75, 3.05) is 14.2 Å². The van der Waals surface area contributed by atoms with Gasteiger partial charge in [0.05, 0.1) is 31.5 Å². The van der Waals surface area contributed by atoms with Crippen LogP contribution < -0.4 is 19.8 Å². The zero-order valence-electron chi connectivity index (χ0n) is 24.6. The average molecular weight is 579 g/mol. The lowest BCUT2D eigenvalue weighted by molar-refractivity contribution is -0.270. The van der Waals surface area contributed by atoms with Crippen molar-refractivity contribution < 1.29 is 42.4 Å². The van der Waals surface area contributed by atoms with E-state index in [0.717, 1.165) is 5.39 Å². The quantitative estimate of drug-likeness (QED) is 0.263. The van der Waals surface area contributed by atoms with E-state index in [1.165, 1.54) is 20.1 Å². The van der Waals surface area contributed by atoms with Crippen molar-refractivity contribution >= 4 is 28.8 Å². The third-order valence-corrected chi connectivity index (χ3v) is 7.44. The minimum atomic E-state index is -1.68. The molecule has 2 aliphatic rings. The molecule has 10 heteroatoms. The summed E-state index contributed by atoms with van der Waals surface area (Å²) in [6.07, 6.45) is 1.81. The van der Waals surface area contributed by atoms with Crippen LogP contribution in [0.3, 0.4) is 0 Å². The highest BCUT2D eigenvalue weighted by atomic mass is 16.9. The molecule has 2 aliphatic heterocycles. The zero-order chi connectivity index (χ0) is 30.4. The molecule has 3 heterocycles. The fraction of sp³-hybridized carbons (Fsp3) is 0.406. The highest BCUT2D eigenvalue weighted by Crippen LogP contribution is 2.49. The Kier molecular flexibility index (Phi) is 7.63. The molecule has 0 unspecified atom stereocenters. The van der Waals surface area contributed by atoms with Gasteiger partial charge in [-0.15, -0.1) is 0 Å². The van der Waals surface area contributed by atoms with Crippen molar-refractivity contribution in [2.45, 2.75) is 64.8 Å². The number of hydrogen-bond donors (Lipinski definition) is 0. The van der Waals surface area contributed by atoms with Gasteiger partial charge in [0.2, 0.25) is 0 Å². The van der Waals surface area contributed by atoms with Crippen LogP contribution in [-0.4, -0.2) is 43.7 Å². The van der Waals surface area contributed by atoms with Crippen molar-refractivity contribution in [2.24, 2.45) is 5.92 Å². The van der Waals surface area contributed by atoms with Crippen LogP contribution in [0.2, 0.25) is 0 Å². The monoisotopic (exact) mass is 578 g/mol. The van der Waals surface area contributed by atoms with Gasteiger partial charge in [0.15, 0.2) is 11.9 Å². The van der Waals surface area contributed by atoms with Gasteiger partial charge in [0, 0.05) is 47.9 Å². The van der Waals surface area contributed by atoms with E-state index in [-0.39, 0.29) is 23.5 Å². The van der Waals surface area contributed by atoms with E-state index < -0.39 is 41.3 Å². The van der Waals surface area contributed by atoms with Gasteiger partial charge in [-0.25, -0.2) is 4.79 Å². The van der Waals surface area contributed by atoms with E-state index in [2.05, 4.69) is 0 Å². The molecule has 0 radical (unpaired) electrons. The molecule has 0 bridgehead atoms. The lowest BCUT2D eigenvalue weighted by Crippen LogP contribution is -2.39. The Hall–Kier alpha value is -4.15. The largest absolute Gasteiger partial charge is 0.496 e. The van der Waals surface area contributed by atoms with Gasteiger partial charge < -0.3 is 32.8 Å². The maximum absolute atomic E-state index is 13.3. The Balaban J connectivity index is 1.56. The first-order valence-corrected chi connectivity index (χ1v) is 13.7. The highest BCUT2D eigenvalue weighted by Gasteiger charge is 2.55. The molecular formula is C32H34O10. The van der Waals surface area contributed by atoms with E-state index in [0.29, 0.717) is 28.2 Å². The molecule has 1 aromatic heterocycles. The van der Waals surface area contributed by atoms with Gasteiger partial charge >= 0.3 is 17.6 Å². The summed E-state index contributed by atoms with van der Waals surface area (Å²) in [7, 11) is 3.00. The second kappa shape index (κ2) is 10.9. The Labute approximate surface area is 243 Å². The van der Waals surface area contributed by atoms with E-state index in [1.54, 1.807) is 51.3 Å². The second-order valence-corrected chi connectivity index (χ2v) is 11.1. The maximum Gasteiger partial charge on any atom is 0.350 e. The molecule has 0 saturated carbocycles. The minimum Gasteiger partial charge on any atom is -0.496 e. The van der Waals surface area contributed by atoms with Crippen molar-refractivity contribution in [3.05, 3.63) is 69.6 Å². The third-order valence-electron chi connectivity index (χ3n) is 7.44. The van der Waals surface area contributed by atoms with E-state index in [4.69, 9.17) is 32.8 Å². The third kappa shape index (κ3) is 5.28. The smallest absolute Gasteiger partial charge is 0.350 e. The maximum atomic E-state index is 13.3. The number of ether oxygens (including phenoxy) is 6. The predicted molar refractivity (Wildman–Crippen MR) is 153 cm³/mol. The van der Waals surface area contributed by atoms with Gasteiger partial charge in [0.1, 0.15) is 22.8 Å². The van der Waals surface area contributed by atoms with Crippen LogP contribution >= 0.6 is 0 Å². The Morgan fingerprint density at radius 2 is 1.69 bits per heavy atom. The average Bonchev–Trinajstić information content (AvgIpc) is 3.18. The first-order valence-electron chi connectivity index (χ1n) is 13.7. The first-order chi connectivity index (χ1) is 19.9. The lowest BCUT2D eigenvalue weighted by Gasteiger charge is -2.33. The number of rotatable bonds is 8. The topological polar surface area (TPSA) is 120 Å². The number of carbonyl (C=O) groups is 2. The molecule has 42 heavy (non-hydrogen) atoms. The number of methoxy groups -OCH3 is 2. The molecule has 3 atom stereocenters. The van der Waals surface area contributed by atoms with Crippen molar-refractivity contribution in [3.8, 4) is 17.2 Å². The molecule has 1 saturated heterocycles. The summed E-state index contributed by atoms with van der Waals surface area (Å²) in [5, 5.41) is 0.739. The van der Waals surface area contributed by atoms with Crippen LogP contribution in [0.25, 0.3) is 17.0 Å². The molecule has 222 valence electrons. The minimum absolute atomic E-state index is 0.238. The molecule has 0 amide bonds. The molecule has 5 rings (SSSR count). The predicted octanol–water partition coefficient (Wildman–Crippen LogP) is 5.14. The lowest BCUT2D eigenvalue weighted by atomic mass is 9.93. The summed E-state index contributed by atoms with van der Waals surface area (Å²) in [6, 6.07) is 10.1. The van der Waals surface area contributed by atoms with Gasteiger partial charge in [-0.05, 0) is 50.3 Å². The van der Waals surface area contributed by atoms with Crippen LogP contribution in [0, 0.1) is 5.92 Å². The second-order valence-electron chi connectivity index (χ2n) is 11.1. The molecule has 2 aromatic carbocycles. The van der Waals surface area contributed by atoms with Gasteiger partial charge in [-0.2, -0.15) is 0 Å². The summed E-state index contributed by atoms with van der Waals surface area (Å²) in [5.74, 6) is -1.99. The number of carbonyl (C=O) groups excluding carboxylic acids is 2. The van der Waals surface area contributed by atoms with Crippen LogP contribution in [-0.2, 0) is 30.2 Å². The summed E-state index contributed by atoms with van der Waals surface area (Å²) in [4.78, 5) is 37.5. The number of esters is 1. The van der Waals surface area contributed by atoms with E-state index in [9.17, 15) is 14.4 Å². The summed E-state index contributed by atoms with van der Waals surface area (Å²) >= 11 is 0. The van der Waals surface area contributed by atoms with Gasteiger partial charge in [-0.3, -0.25) is 9.59 Å². The van der Waals surface area contributed by atoms with Crippen LogP contribution in [0.15, 0.2) is 51.7 Å².